The molecule has 1 aromatic heterocycles. The van der Waals surface area contributed by atoms with Gasteiger partial charge in [0.1, 0.15) is 5.75 Å². The molecule has 3 aromatic carbocycles. The van der Waals surface area contributed by atoms with Crippen LogP contribution >= 0.6 is 0 Å². The fourth-order valence-electron chi connectivity index (χ4n) is 4.51. The Labute approximate surface area is 222 Å². The third kappa shape index (κ3) is 5.40. The molecular weight excluding hydrogens is 478 g/mol. The van der Waals surface area contributed by atoms with E-state index < -0.39 is 11.6 Å². The molecule has 0 fully saturated rings. The van der Waals surface area contributed by atoms with Gasteiger partial charge < -0.3 is 19.7 Å². The summed E-state index contributed by atoms with van der Waals surface area (Å²) in [4.78, 5) is 24.5. The number of carboxylic acids is 1. The normalized spacial score (nSPS) is 12.1. The van der Waals surface area contributed by atoms with Gasteiger partial charge in [-0.2, -0.15) is 5.26 Å². The minimum atomic E-state index is -1.33. The van der Waals surface area contributed by atoms with E-state index in [9.17, 15) is 14.7 Å². The van der Waals surface area contributed by atoms with Crippen LogP contribution in [-0.4, -0.2) is 27.2 Å². The summed E-state index contributed by atoms with van der Waals surface area (Å²) >= 11 is 0. The molecule has 38 heavy (non-hydrogen) atoms. The lowest BCUT2D eigenvalue weighted by Gasteiger charge is -2.21. The number of fused-ring (bicyclic) bond motifs is 1. The summed E-state index contributed by atoms with van der Waals surface area (Å²) in [5.74, 6) is -0.716. The minimum absolute atomic E-state index is 0.187. The number of ether oxygens (including phenoxy) is 1. The van der Waals surface area contributed by atoms with Crippen LogP contribution in [0.25, 0.3) is 10.9 Å². The molecule has 194 valence electrons. The van der Waals surface area contributed by atoms with Crippen LogP contribution in [0.5, 0.6) is 5.75 Å². The summed E-state index contributed by atoms with van der Waals surface area (Å²) in [6, 6.07) is 22.3. The Balaban J connectivity index is 1.58. The standard InChI is InChI=1S/C31H31N3O4/c1-19(23-10-6-9-22(14-23)18-32)33-29(35)24-12-13-26-27(20(2)34(5)28(26)17-24)16-21-8-7-11-25(15-21)38-31(3,4)30(36)37/h6-15,17,19H,16H2,1-5H3,(H,33,35)(H,36,37)/t19-/m0/s1. The summed E-state index contributed by atoms with van der Waals surface area (Å²) in [5, 5.41) is 22.6. The number of carbonyl (C=O) groups is 2. The number of benzene rings is 3. The largest absolute Gasteiger partial charge is 0.478 e. The first-order valence-electron chi connectivity index (χ1n) is 12.4. The van der Waals surface area contributed by atoms with Crippen molar-refractivity contribution >= 4 is 22.8 Å². The number of nitrogens with one attached hydrogen (secondary N) is 1. The Kier molecular flexibility index (Phi) is 7.27. The Morgan fingerprint density at radius 2 is 1.84 bits per heavy atom. The van der Waals surface area contributed by atoms with Crippen molar-refractivity contribution < 1.29 is 19.4 Å². The first-order valence-corrected chi connectivity index (χ1v) is 12.4. The number of hydrogen-bond donors (Lipinski definition) is 2. The van der Waals surface area contributed by atoms with Crippen LogP contribution in [0.3, 0.4) is 0 Å². The van der Waals surface area contributed by atoms with Crippen molar-refractivity contribution in [2.75, 3.05) is 0 Å². The van der Waals surface area contributed by atoms with E-state index >= 15 is 0 Å². The molecule has 1 amide bonds. The van der Waals surface area contributed by atoms with E-state index in [-0.39, 0.29) is 11.9 Å². The van der Waals surface area contributed by atoms with Crippen LogP contribution in [0, 0.1) is 18.3 Å². The van der Waals surface area contributed by atoms with Crippen LogP contribution in [0.15, 0.2) is 66.7 Å². The number of carboxylic acid groups (broad SMARTS) is 1. The number of nitriles is 1. The highest BCUT2D eigenvalue weighted by molar-refractivity contribution is 5.99. The lowest BCUT2D eigenvalue weighted by atomic mass is 10.0. The van der Waals surface area contributed by atoms with Gasteiger partial charge in [-0.3, -0.25) is 4.79 Å². The number of hydrogen-bond acceptors (Lipinski definition) is 4. The summed E-state index contributed by atoms with van der Waals surface area (Å²) in [6.45, 7) is 6.99. The quantitative estimate of drug-likeness (QED) is 0.318. The SMILES string of the molecule is Cc1c(Cc2cccc(OC(C)(C)C(=O)O)c2)c2ccc(C(=O)N[C@@H](C)c3cccc(C#N)c3)cc2n1C. The molecule has 0 bridgehead atoms. The van der Waals surface area contributed by atoms with Crippen molar-refractivity contribution in [3.8, 4) is 11.8 Å². The zero-order valence-electron chi connectivity index (χ0n) is 22.2. The molecule has 1 heterocycles. The second-order valence-electron chi connectivity index (χ2n) is 10.0. The first-order chi connectivity index (χ1) is 18.0. The van der Waals surface area contributed by atoms with Crippen LogP contribution < -0.4 is 10.1 Å². The first kappa shape index (κ1) is 26.5. The number of aryl methyl sites for hydroxylation is 1. The van der Waals surface area contributed by atoms with Crippen molar-refractivity contribution in [1.82, 2.24) is 9.88 Å². The minimum Gasteiger partial charge on any atom is -0.478 e. The molecule has 0 spiro atoms. The van der Waals surface area contributed by atoms with Crippen molar-refractivity contribution in [2.24, 2.45) is 7.05 Å². The summed E-state index contributed by atoms with van der Waals surface area (Å²) < 4.78 is 7.80. The average Bonchev–Trinajstić information content (AvgIpc) is 3.12. The third-order valence-corrected chi connectivity index (χ3v) is 6.92. The van der Waals surface area contributed by atoms with Crippen LogP contribution in [0.2, 0.25) is 0 Å². The number of carbonyl (C=O) groups excluding carboxylic acids is 1. The van der Waals surface area contributed by atoms with Gasteiger partial charge in [0, 0.05) is 29.2 Å². The zero-order chi connectivity index (χ0) is 27.6. The van der Waals surface area contributed by atoms with Crippen LogP contribution in [-0.2, 0) is 18.3 Å². The zero-order valence-corrected chi connectivity index (χ0v) is 22.2. The van der Waals surface area contributed by atoms with Gasteiger partial charge in [-0.15, -0.1) is 0 Å². The maximum absolute atomic E-state index is 13.1. The maximum Gasteiger partial charge on any atom is 0.347 e. The number of aliphatic carboxylic acids is 1. The van der Waals surface area contributed by atoms with E-state index in [1.165, 1.54) is 13.8 Å². The number of rotatable bonds is 8. The van der Waals surface area contributed by atoms with E-state index in [0.717, 1.165) is 33.3 Å². The molecule has 2 N–H and O–H groups in total. The molecule has 0 saturated heterocycles. The monoisotopic (exact) mass is 509 g/mol. The Hall–Kier alpha value is -4.57. The van der Waals surface area contributed by atoms with Crippen LogP contribution in [0.1, 0.15) is 65.1 Å². The Bertz CT molecular complexity index is 1580. The third-order valence-electron chi connectivity index (χ3n) is 6.92. The van der Waals surface area contributed by atoms with Crippen molar-refractivity contribution in [2.45, 2.75) is 45.8 Å². The molecule has 1 atom stereocenters. The fourth-order valence-corrected chi connectivity index (χ4v) is 4.51. The maximum atomic E-state index is 13.1. The summed E-state index contributed by atoms with van der Waals surface area (Å²) in [6.07, 6.45) is 0.631. The molecule has 0 aliphatic rings. The smallest absolute Gasteiger partial charge is 0.347 e. The van der Waals surface area contributed by atoms with Crippen LogP contribution in [0.4, 0.5) is 0 Å². The molecule has 4 rings (SSSR count). The Morgan fingerprint density at radius 1 is 1.11 bits per heavy atom. The molecule has 0 saturated carbocycles. The van der Waals surface area contributed by atoms with Gasteiger partial charge in [0.05, 0.1) is 17.7 Å². The van der Waals surface area contributed by atoms with E-state index in [0.29, 0.717) is 23.3 Å². The van der Waals surface area contributed by atoms with Gasteiger partial charge in [-0.05, 0) is 87.2 Å². The highest BCUT2D eigenvalue weighted by Crippen LogP contribution is 2.30. The number of aromatic nitrogens is 1. The van der Waals surface area contributed by atoms with E-state index in [2.05, 4.69) is 16.0 Å². The highest BCUT2D eigenvalue weighted by atomic mass is 16.5. The van der Waals surface area contributed by atoms with Gasteiger partial charge >= 0.3 is 5.97 Å². The lowest BCUT2D eigenvalue weighted by molar-refractivity contribution is -0.152. The molecule has 7 heteroatoms. The predicted octanol–water partition coefficient (Wildman–Crippen LogP) is 5.68. The molecule has 7 nitrogen and oxygen atoms in total. The van der Waals surface area contributed by atoms with Gasteiger partial charge in [0.15, 0.2) is 5.60 Å². The molecule has 0 aliphatic heterocycles. The molecule has 4 aromatic rings. The predicted molar refractivity (Wildman–Crippen MR) is 146 cm³/mol. The molecule has 0 unspecified atom stereocenters. The molecule has 0 radical (unpaired) electrons. The second kappa shape index (κ2) is 10.4. The average molecular weight is 510 g/mol. The van der Waals surface area contributed by atoms with E-state index in [4.69, 9.17) is 10.00 Å². The number of nitrogens with zero attached hydrogens (tertiary/aromatic N) is 2. The van der Waals surface area contributed by atoms with Gasteiger partial charge in [-0.1, -0.05) is 30.3 Å². The topological polar surface area (TPSA) is 104 Å². The van der Waals surface area contributed by atoms with Gasteiger partial charge in [0.2, 0.25) is 0 Å². The lowest BCUT2D eigenvalue weighted by Crippen LogP contribution is -2.37. The number of amides is 1. The van der Waals surface area contributed by atoms with E-state index in [1.54, 1.807) is 18.2 Å². The van der Waals surface area contributed by atoms with Gasteiger partial charge in [0.25, 0.3) is 5.91 Å². The van der Waals surface area contributed by atoms with E-state index in [1.807, 2.05) is 69.4 Å². The molecule has 0 aliphatic carbocycles. The summed E-state index contributed by atoms with van der Waals surface area (Å²) in [7, 11) is 1.98. The van der Waals surface area contributed by atoms with Crippen molar-refractivity contribution in [3.63, 3.8) is 0 Å². The molecular formula is C31H31N3O4. The second-order valence-corrected chi connectivity index (χ2v) is 10.0. The summed E-state index contributed by atoms with van der Waals surface area (Å²) in [5.41, 5.74) is 4.80. The van der Waals surface area contributed by atoms with Crippen molar-refractivity contribution in [3.05, 3.63) is 100 Å². The van der Waals surface area contributed by atoms with Crippen molar-refractivity contribution in [1.29, 1.82) is 5.26 Å². The van der Waals surface area contributed by atoms with Gasteiger partial charge in [-0.25, -0.2) is 4.79 Å². The highest BCUT2D eigenvalue weighted by Gasteiger charge is 2.29. The fraction of sp³-hybridized carbons (Fsp3) is 0.258. The Morgan fingerprint density at radius 3 is 2.55 bits per heavy atom.